The zero-order valence-corrected chi connectivity index (χ0v) is 12.5. The Kier molecular flexibility index (Phi) is 5.79. The maximum absolute atomic E-state index is 11.7. The Balaban J connectivity index is 3.39. The molecule has 1 rings (SSSR count). The average Bonchev–Trinajstić information content (AvgIpc) is 2.44. The van der Waals surface area contributed by atoms with Crippen molar-refractivity contribution in [2.24, 2.45) is 0 Å². The zero-order valence-electron chi connectivity index (χ0n) is 12.5. The van der Waals surface area contributed by atoms with Gasteiger partial charge in [0.15, 0.2) is 0 Å². The minimum atomic E-state index is -1.15. The third-order valence-corrected chi connectivity index (χ3v) is 2.90. The van der Waals surface area contributed by atoms with Gasteiger partial charge in [0.1, 0.15) is 11.6 Å². The number of ether oxygens (including phenoxy) is 1. The van der Waals surface area contributed by atoms with Crippen molar-refractivity contribution < 1.29 is 24.4 Å². The van der Waals surface area contributed by atoms with E-state index in [1.807, 2.05) is 0 Å². The second kappa shape index (κ2) is 7.34. The highest BCUT2D eigenvalue weighted by atomic mass is 16.6. The summed E-state index contributed by atoms with van der Waals surface area (Å²) in [5, 5.41) is 22.9. The van der Waals surface area contributed by atoms with Gasteiger partial charge in [-0.25, -0.2) is 14.6 Å². The van der Waals surface area contributed by atoms with Gasteiger partial charge in [0.25, 0.3) is 0 Å². The van der Waals surface area contributed by atoms with Crippen molar-refractivity contribution >= 4 is 23.4 Å². The number of aryl methyl sites for hydroxylation is 1. The Morgan fingerprint density at radius 1 is 1.55 bits per heavy atom. The number of rotatable bonds is 7. The number of aromatic nitrogens is 1. The molecule has 0 aliphatic carbocycles. The summed E-state index contributed by atoms with van der Waals surface area (Å²) in [5.41, 5.74) is -0.544. The van der Waals surface area contributed by atoms with Crippen molar-refractivity contribution in [1.29, 1.82) is 0 Å². The molecule has 0 saturated heterocycles. The first-order valence-electron chi connectivity index (χ1n) is 6.55. The molecule has 2 N–H and O–H groups in total. The summed E-state index contributed by atoms with van der Waals surface area (Å²) in [6, 6.07) is 0.188. The number of carbonyl (C=O) groups is 2. The summed E-state index contributed by atoms with van der Waals surface area (Å²) >= 11 is 0. The molecule has 1 aromatic heterocycles. The van der Waals surface area contributed by atoms with Gasteiger partial charge in [-0.3, -0.25) is 10.1 Å². The molecule has 0 amide bonds. The maximum Gasteiger partial charge on any atom is 0.345 e. The SMILES string of the molecule is CCCC(Nc1nc(C)cc(C(=O)OC)c1[N+](=O)[O-])C(=O)O. The molecular weight excluding hydrogens is 294 g/mol. The van der Waals surface area contributed by atoms with Crippen LogP contribution < -0.4 is 5.32 Å². The molecule has 9 nitrogen and oxygen atoms in total. The normalized spacial score (nSPS) is 11.6. The molecule has 120 valence electrons. The minimum Gasteiger partial charge on any atom is -0.480 e. The standard InChI is InChI=1S/C13H17N3O6/c1-4-5-9(12(17)18)15-11-10(16(20)21)8(13(19)22-3)6-7(2)14-11/h6,9H,4-5H2,1-3H3,(H,14,15)(H,17,18). The molecule has 0 aromatic carbocycles. The molecule has 0 saturated carbocycles. The second-order valence-corrected chi connectivity index (χ2v) is 4.58. The molecule has 0 bridgehead atoms. The van der Waals surface area contributed by atoms with E-state index in [1.54, 1.807) is 6.92 Å². The average molecular weight is 311 g/mol. The lowest BCUT2D eigenvalue weighted by Gasteiger charge is -2.15. The Hall–Kier alpha value is -2.71. The minimum absolute atomic E-state index is 0.258. The second-order valence-electron chi connectivity index (χ2n) is 4.58. The van der Waals surface area contributed by atoms with Gasteiger partial charge >= 0.3 is 17.6 Å². The smallest absolute Gasteiger partial charge is 0.345 e. The van der Waals surface area contributed by atoms with E-state index < -0.39 is 28.6 Å². The molecule has 1 atom stereocenters. The van der Waals surface area contributed by atoms with Crippen molar-refractivity contribution in [1.82, 2.24) is 4.98 Å². The molecular formula is C13H17N3O6. The highest BCUT2D eigenvalue weighted by Crippen LogP contribution is 2.29. The number of nitrogens with zero attached hydrogens (tertiary/aromatic N) is 2. The lowest BCUT2D eigenvalue weighted by Crippen LogP contribution is -2.30. The first-order chi connectivity index (χ1) is 10.3. The van der Waals surface area contributed by atoms with Gasteiger partial charge < -0.3 is 15.2 Å². The van der Waals surface area contributed by atoms with E-state index in [0.29, 0.717) is 12.1 Å². The first kappa shape index (κ1) is 17.3. The van der Waals surface area contributed by atoms with E-state index in [0.717, 1.165) is 7.11 Å². The van der Waals surface area contributed by atoms with Crippen molar-refractivity contribution in [2.45, 2.75) is 32.7 Å². The number of nitrogens with one attached hydrogen (secondary N) is 1. The third kappa shape index (κ3) is 3.90. The quantitative estimate of drug-likeness (QED) is 0.442. The van der Waals surface area contributed by atoms with Gasteiger partial charge in [0.05, 0.1) is 12.0 Å². The van der Waals surface area contributed by atoms with E-state index in [-0.39, 0.29) is 17.8 Å². The van der Waals surface area contributed by atoms with E-state index in [9.17, 15) is 19.7 Å². The van der Waals surface area contributed by atoms with Crippen LogP contribution in [0.15, 0.2) is 6.07 Å². The van der Waals surface area contributed by atoms with E-state index in [1.165, 1.54) is 13.0 Å². The highest BCUT2D eigenvalue weighted by molar-refractivity contribution is 5.96. The molecule has 22 heavy (non-hydrogen) atoms. The highest BCUT2D eigenvalue weighted by Gasteiger charge is 2.30. The van der Waals surface area contributed by atoms with Crippen LogP contribution in [0.1, 0.15) is 35.8 Å². The van der Waals surface area contributed by atoms with Gasteiger partial charge in [-0.2, -0.15) is 0 Å². The van der Waals surface area contributed by atoms with Gasteiger partial charge in [0.2, 0.25) is 5.82 Å². The number of anilines is 1. The number of hydrogen-bond acceptors (Lipinski definition) is 7. The van der Waals surface area contributed by atoms with E-state index in [2.05, 4.69) is 15.0 Å². The number of carboxylic acid groups (broad SMARTS) is 1. The van der Waals surface area contributed by atoms with Crippen LogP contribution in [-0.4, -0.2) is 40.1 Å². The summed E-state index contributed by atoms with van der Waals surface area (Å²) in [6.45, 7) is 3.33. The molecule has 0 radical (unpaired) electrons. The van der Waals surface area contributed by atoms with Crippen LogP contribution in [0.5, 0.6) is 0 Å². The molecule has 0 spiro atoms. The number of nitro groups is 1. The molecule has 0 aliphatic heterocycles. The maximum atomic E-state index is 11.7. The third-order valence-electron chi connectivity index (χ3n) is 2.90. The Morgan fingerprint density at radius 3 is 2.64 bits per heavy atom. The predicted molar refractivity (Wildman–Crippen MR) is 76.9 cm³/mol. The molecule has 1 unspecified atom stereocenters. The van der Waals surface area contributed by atoms with Gasteiger partial charge in [0, 0.05) is 5.69 Å². The fraction of sp³-hybridized carbons (Fsp3) is 0.462. The number of carbonyl (C=O) groups excluding carboxylic acids is 1. The van der Waals surface area contributed by atoms with Crippen LogP contribution in [0.3, 0.4) is 0 Å². The van der Waals surface area contributed by atoms with Crippen LogP contribution >= 0.6 is 0 Å². The number of methoxy groups -OCH3 is 1. The van der Waals surface area contributed by atoms with Gasteiger partial charge in [-0.05, 0) is 19.4 Å². The van der Waals surface area contributed by atoms with E-state index in [4.69, 9.17) is 5.11 Å². The molecule has 0 fully saturated rings. The topological polar surface area (TPSA) is 132 Å². The summed E-state index contributed by atoms with van der Waals surface area (Å²) in [6.07, 6.45) is 0.823. The number of esters is 1. The molecule has 0 aliphatic rings. The van der Waals surface area contributed by atoms with Crippen LogP contribution in [0.25, 0.3) is 0 Å². The molecule has 9 heteroatoms. The van der Waals surface area contributed by atoms with Gasteiger partial charge in [-0.15, -0.1) is 0 Å². The van der Waals surface area contributed by atoms with Crippen molar-refractivity contribution in [3.05, 3.63) is 27.4 Å². The number of carboxylic acids is 1. The summed E-state index contributed by atoms with van der Waals surface area (Å²) in [7, 11) is 1.10. The van der Waals surface area contributed by atoms with Crippen molar-refractivity contribution in [2.75, 3.05) is 12.4 Å². The number of pyridine rings is 1. The lowest BCUT2D eigenvalue weighted by atomic mass is 10.1. The molecule has 1 heterocycles. The first-order valence-corrected chi connectivity index (χ1v) is 6.55. The summed E-state index contributed by atoms with van der Waals surface area (Å²) in [5.74, 6) is -2.30. The number of aliphatic carboxylic acids is 1. The Labute approximate surface area is 126 Å². The fourth-order valence-electron chi connectivity index (χ4n) is 1.93. The fourth-order valence-corrected chi connectivity index (χ4v) is 1.93. The monoisotopic (exact) mass is 311 g/mol. The predicted octanol–water partition coefficient (Wildman–Crippen LogP) is 1.75. The largest absolute Gasteiger partial charge is 0.480 e. The number of hydrogen-bond donors (Lipinski definition) is 2. The summed E-state index contributed by atoms with van der Waals surface area (Å²) in [4.78, 5) is 37.3. The van der Waals surface area contributed by atoms with Crippen molar-refractivity contribution in [3.63, 3.8) is 0 Å². The zero-order chi connectivity index (χ0) is 16.9. The van der Waals surface area contributed by atoms with Crippen molar-refractivity contribution in [3.8, 4) is 0 Å². The molecule has 1 aromatic rings. The van der Waals surface area contributed by atoms with Crippen LogP contribution in [0, 0.1) is 17.0 Å². The van der Waals surface area contributed by atoms with E-state index >= 15 is 0 Å². The lowest BCUT2D eigenvalue weighted by molar-refractivity contribution is -0.384. The summed E-state index contributed by atoms with van der Waals surface area (Å²) < 4.78 is 4.52. The van der Waals surface area contributed by atoms with Crippen LogP contribution in [-0.2, 0) is 9.53 Å². The Morgan fingerprint density at radius 2 is 2.18 bits per heavy atom. The van der Waals surface area contributed by atoms with Crippen LogP contribution in [0.2, 0.25) is 0 Å². The Bertz CT molecular complexity index is 602. The van der Waals surface area contributed by atoms with Crippen LogP contribution in [0.4, 0.5) is 11.5 Å². The van der Waals surface area contributed by atoms with Gasteiger partial charge in [-0.1, -0.05) is 13.3 Å².